The van der Waals surface area contributed by atoms with Crippen molar-refractivity contribution < 1.29 is 17.9 Å². The molecule has 7 nitrogen and oxygen atoms in total. The summed E-state index contributed by atoms with van der Waals surface area (Å²) in [6, 6.07) is 0.0360. The van der Waals surface area contributed by atoms with Crippen LogP contribution in [0.4, 0.5) is 24.8 Å². The summed E-state index contributed by atoms with van der Waals surface area (Å²) in [6.45, 7) is 6.81. The number of rotatable bonds is 5. The minimum absolute atomic E-state index is 0.0360. The second-order valence-electron chi connectivity index (χ2n) is 7.13. The van der Waals surface area contributed by atoms with E-state index in [0.29, 0.717) is 25.5 Å². The van der Waals surface area contributed by atoms with Crippen molar-refractivity contribution in [3.05, 3.63) is 30.0 Å². The fourth-order valence-electron chi connectivity index (χ4n) is 3.72. The molecule has 0 amide bonds. The van der Waals surface area contributed by atoms with Crippen LogP contribution in [0.2, 0.25) is 0 Å². The maximum absolute atomic E-state index is 13.3. The molecule has 4 N–H and O–H groups in total. The molecule has 0 bridgehead atoms. The summed E-state index contributed by atoms with van der Waals surface area (Å²) in [6.07, 6.45) is 1.48. The van der Waals surface area contributed by atoms with Crippen LogP contribution in [0.25, 0.3) is 0 Å². The summed E-state index contributed by atoms with van der Waals surface area (Å²) >= 11 is 0.770. The Bertz CT molecular complexity index is 849. The number of halogens is 3. The van der Waals surface area contributed by atoms with Gasteiger partial charge in [0.1, 0.15) is 10.8 Å². The van der Waals surface area contributed by atoms with Crippen molar-refractivity contribution in [1.82, 2.24) is 9.97 Å². The zero-order chi connectivity index (χ0) is 21.9. The molecule has 11 heteroatoms. The third-order valence-corrected chi connectivity index (χ3v) is 6.53. The molecule has 0 aromatic carbocycles. The van der Waals surface area contributed by atoms with Crippen LogP contribution in [0, 0.1) is 0 Å². The summed E-state index contributed by atoms with van der Waals surface area (Å²) in [4.78, 5) is 13.9. The van der Waals surface area contributed by atoms with Crippen molar-refractivity contribution >= 4 is 29.1 Å². The third-order valence-electron chi connectivity index (χ3n) is 5.37. The largest absolute Gasteiger partial charge is 0.434 e. The number of alkyl halides is 3. The number of anilines is 2. The van der Waals surface area contributed by atoms with Crippen LogP contribution in [0.15, 0.2) is 40.0 Å². The second-order valence-corrected chi connectivity index (χ2v) is 8.16. The monoisotopic (exact) mass is 442 g/mol. The van der Waals surface area contributed by atoms with Gasteiger partial charge in [-0.2, -0.15) is 13.2 Å². The van der Waals surface area contributed by atoms with E-state index >= 15 is 0 Å². The average molecular weight is 443 g/mol. The first-order valence-corrected chi connectivity index (χ1v) is 10.4. The standard InChI is InChI=1S/C19H25F3N6OS/c1-3-12(15(25-4-2)19(20,21)22)30-17-16(24)27-14(11-26-17)28-8-6-18(7-9-28)13(23)5-10-29-18/h3-4,11,13H,2,5-10,23H2,1H3,(H2,24,27)/b12-3+,25-15+. The van der Waals surface area contributed by atoms with Gasteiger partial charge >= 0.3 is 6.18 Å². The summed E-state index contributed by atoms with van der Waals surface area (Å²) < 4.78 is 45.8. The number of nitrogens with zero attached hydrogens (tertiary/aromatic N) is 4. The van der Waals surface area contributed by atoms with Crippen LogP contribution in [-0.2, 0) is 4.74 Å². The fraction of sp³-hybridized carbons (Fsp3) is 0.526. The van der Waals surface area contributed by atoms with E-state index in [-0.39, 0.29) is 27.4 Å². The number of aliphatic imine (C=N–C) groups is 1. The Morgan fingerprint density at radius 2 is 2.13 bits per heavy atom. The van der Waals surface area contributed by atoms with Crippen LogP contribution in [0.3, 0.4) is 0 Å². The molecule has 1 unspecified atom stereocenters. The van der Waals surface area contributed by atoms with E-state index in [1.807, 2.05) is 4.90 Å². The van der Waals surface area contributed by atoms with Gasteiger partial charge in [0.2, 0.25) is 0 Å². The molecule has 2 saturated heterocycles. The summed E-state index contributed by atoms with van der Waals surface area (Å²) in [5.41, 5.74) is 10.9. The lowest BCUT2D eigenvalue weighted by molar-refractivity contribution is -0.0578. The van der Waals surface area contributed by atoms with Gasteiger partial charge in [0.15, 0.2) is 11.5 Å². The Hall–Kier alpha value is -2.11. The molecular weight excluding hydrogens is 417 g/mol. The molecule has 0 radical (unpaired) electrons. The predicted molar refractivity (Wildman–Crippen MR) is 112 cm³/mol. The molecule has 1 spiro atoms. The zero-order valence-electron chi connectivity index (χ0n) is 16.7. The lowest BCUT2D eigenvalue weighted by Crippen LogP contribution is -2.53. The topological polar surface area (TPSA) is 103 Å². The molecule has 1 aromatic heterocycles. The van der Waals surface area contributed by atoms with Gasteiger partial charge in [-0.1, -0.05) is 24.4 Å². The molecule has 3 heterocycles. The van der Waals surface area contributed by atoms with Crippen molar-refractivity contribution in [1.29, 1.82) is 0 Å². The van der Waals surface area contributed by atoms with Crippen molar-refractivity contribution in [3.63, 3.8) is 0 Å². The number of ether oxygens (including phenoxy) is 1. The Labute approximate surface area is 177 Å². The van der Waals surface area contributed by atoms with Crippen LogP contribution < -0.4 is 16.4 Å². The molecule has 1 atom stereocenters. The van der Waals surface area contributed by atoms with E-state index < -0.39 is 11.9 Å². The Morgan fingerprint density at radius 3 is 2.63 bits per heavy atom. The number of nitrogens with two attached hydrogens (primary N) is 2. The molecular formula is C19H25F3N6OS. The van der Waals surface area contributed by atoms with Crippen LogP contribution in [-0.4, -0.2) is 53.2 Å². The van der Waals surface area contributed by atoms with E-state index in [9.17, 15) is 13.2 Å². The van der Waals surface area contributed by atoms with Gasteiger partial charge in [0.25, 0.3) is 0 Å². The highest BCUT2D eigenvalue weighted by molar-refractivity contribution is 8.04. The van der Waals surface area contributed by atoms with Gasteiger partial charge in [-0.05, 0) is 26.2 Å². The third kappa shape index (κ3) is 4.62. The number of allylic oxidation sites excluding steroid dienone is 2. The molecule has 2 aliphatic heterocycles. The molecule has 1 aromatic rings. The van der Waals surface area contributed by atoms with Crippen molar-refractivity contribution in [2.45, 2.75) is 49.0 Å². The predicted octanol–water partition coefficient (Wildman–Crippen LogP) is 3.29. The lowest BCUT2D eigenvalue weighted by Gasteiger charge is -2.41. The summed E-state index contributed by atoms with van der Waals surface area (Å²) in [5, 5.41) is 0.183. The van der Waals surface area contributed by atoms with E-state index in [1.54, 1.807) is 0 Å². The number of hydrogen-bond donors (Lipinski definition) is 2. The van der Waals surface area contributed by atoms with Gasteiger partial charge in [-0.25, -0.2) is 9.97 Å². The first-order valence-electron chi connectivity index (χ1n) is 9.57. The molecule has 2 aliphatic rings. The molecule has 2 fully saturated rings. The number of piperidine rings is 1. The summed E-state index contributed by atoms with van der Waals surface area (Å²) in [7, 11) is 0. The molecule has 3 rings (SSSR count). The first-order chi connectivity index (χ1) is 14.2. The van der Waals surface area contributed by atoms with Gasteiger partial charge in [0, 0.05) is 36.8 Å². The first kappa shape index (κ1) is 22.6. The van der Waals surface area contributed by atoms with Crippen molar-refractivity contribution in [2.75, 3.05) is 30.3 Å². The Morgan fingerprint density at radius 1 is 1.43 bits per heavy atom. The van der Waals surface area contributed by atoms with Gasteiger partial charge in [-0.3, -0.25) is 4.99 Å². The average Bonchev–Trinajstić information content (AvgIpc) is 3.05. The molecule has 164 valence electrons. The van der Waals surface area contributed by atoms with E-state index in [4.69, 9.17) is 16.2 Å². The maximum atomic E-state index is 13.3. The van der Waals surface area contributed by atoms with Crippen LogP contribution in [0.1, 0.15) is 26.2 Å². The number of nitrogen functional groups attached to an aromatic ring is 1. The highest BCUT2D eigenvalue weighted by Crippen LogP contribution is 2.38. The molecule has 0 saturated carbocycles. The van der Waals surface area contributed by atoms with E-state index in [0.717, 1.165) is 37.2 Å². The summed E-state index contributed by atoms with van der Waals surface area (Å²) in [5.74, 6) is 0.641. The zero-order valence-corrected chi connectivity index (χ0v) is 17.5. The van der Waals surface area contributed by atoms with Gasteiger partial charge in [-0.15, -0.1) is 0 Å². The number of thioether (sulfide) groups is 1. The Kier molecular flexibility index (Phi) is 6.73. The van der Waals surface area contributed by atoms with E-state index in [2.05, 4.69) is 21.5 Å². The van der Waals surface area contributed by atoms with Crippen LogP contribution >= 0.6 is 11.8 Å². The molecule has 30 heavy (non-hydrogen) atoms. The highest BCUT2D eigenvalue weighted by atomic mass is 32.2. The second kappa shape index (κ2) is 8.94. The molecule has 0 aliphatic carbocycles. The minimum Gasteiger partial charge on any atom is -0.381 e. The fourth-order valence-corrected chi connectivity index (χ4v) is 4.57. The minimum atomic E-state index is -4.63. The number of aromatic nitrogens is 2. The van der Waals surface area contributed by atoms with Crippen molar-refractivity contribution in [2.24, 2.45) is 10.7 Å². The van der Waals surface area contributed by atoms with Crippen LogP contribution in [0.5, 0.6) is 0 Å². The van der Waals surface area contributed by atoms with E-state index in [1.165, 1.54) is 19.2 Å². The highest BCUT2D eigenvalue weighted by Gasteiger charge is 2.44. The maximum Gasteiger partial charge on any atom is 0.434 e. The van der Waals surface area contributed by atoms with Gasteiger partial charge in [0.05, 0.1) is 11.8 Å². The smallest absolute Gasteiger partial charge is 0.381 e. The Balaban J connectivity index is 1.73. The SMILES string of the molecule is C=C/N=C(\C(=C/C)Sc1ncc(N2CCC3(CC2)OCCC3N)nc1N)C(F)(F)F. The van der Waals surface area contributed by atoms with Crippen molar-refractivity contribution in [3.8, 4) is 0 Å². The van der Waals surface area contributed by atoms with Gasteiger partial charge < -0.3 is 21.1 Å². The quantitative estimate of drug-likeness (QED) is 0.533. The lowest BCUT2D eigenvalue weighted by atomic mass is 9.85. The number of hydrogen-bond acceptors (Lipinski definition) is 8. The normalized spacial score (nSPS) is 22.6.